The lowest BCUT2D eigenvalue weighted by molar-refractivity contribution is 0.385. The van der Waals surface area contributed by atoms with Crippen molar-refractivity contribution in [1.29, 1.82) is 0 Å². The average molecular weight is 420 g/mol. The van der Waals surface area contributed by atoms with Gasteiger partial charge in [0.25, 0.3) is 0 Å². The molecule has 134 valence electrons. The first-order chi connectivity index (χ1) is 11.8. The van der Waals surface area contributed by atoms with Gasteiger partial charge in [0.2, 0.25) is 10.0 Å². The molecule has 2 aromatic carbocycles. The van der Waals surface area contributed by atoms with Crippen molar-refractivity contribution in [2.75, 3.05) is 31.1 Å². The van der Waals surface area contributed by atoms with E-state index in [9.17, 15) is 8.42 Å². The van der Waals surface area contributed by atoms with Gasteiger partial charge >= 0.3 is 0 Å². The number of nitrogens with zero attached hydrogens (tertiary/aromatic N) is 2. The summed E-state index contributed by atoms with van der Waals surface area (Å²) in [5.41, 5.74) is 1.57. The Labute approximate surface area is 162 Å². The molecule has 1 aliphatic rings. The van der Waals surface area contributed by atoms with Gasteiger partial charge in [-0.3, -0.25) is 0 Å². The molecule has 1 fully saturated rings. The minimum absolute atomic E-state index is 0.267. The minimum atomic E-state index is -3.54. The molecule has 0 bridgehead atoms. The van der Waals surface area contributed by atoms with Crippen LogP contribution in [0, 0.1) is 6.92 Å². The molecule has 0 aromatic heterocycles. The average Bonchev–Trinajstić information content (AvgIpc) is 2.60. The van der Waals surface area contributed by atoms with Gasteiger partial charge in [0.05, 0.1) is 20.6 Å². The van der Waals surface area contributed by atoms with Crippen molar-refractivity contribution in [2.24, 2.45) is 0 Å². The second-order valence-corrected chi connectivity index (χ2v) is 9.01. The molecule has 3 rings (SSSR count). The molecule has 1 saturated heterocycles. The number of rotatable bonds is 3. The van der Waals surface area contributed by atoms with E-state index < -0.39 is 10.0 Å². The summed E-state index contributed by atoms with van der Waals surface area (Å²) in [5.74, 6) is 0. The number of hydrogen-bond acceptors (Lipinski definition) is 3. The van der Waals surface area contributed by atoms with Crippen molar-refractivity contribution in [3.8, 4) is 0 Å². The highest BCUT2D eigenvalue weighted by Gasteiger charge is 2.29. The van der Waals surface area contributed by atoms with Crippen LogP contribution in [0.5, 0.6) is 0 Å². The highest BCUT2D eigenvalue weighted by Crippen LogP contribution is 2.33. The first-order valence-electron chi connectivity index (χ1n) is 7.76. The summed E-state index contributed by atoms with van der Waals surface area (Å²) >= 11 is 18.3. The van der Waals surface area contributed by atoms with Gasteiger partial charge in [0.1, 0.15) is 0 Å². The molecule has 2 aromatic rings. The maximum absolute atomic E-state index is 12.8. The summed E-state index contributed by atoms with van der Waals surface area (Å²) in [4.78, 5) is 2.32. The van der Waals surface area contributed by atoms with Crippen molar-refractivity contribution in [2.45, 2.75) is 11.8 Å². The summed E-state index contributed by atoms with van der Waals surface area (Å²) in [6.45, 7) is 3.65. The first-order valence-corrected chi connectivity index (χ1v) is 10.3. The maximum atomic E-state index is 12.8. The smallest absolute Gasteiger partial charge is 0.243 e. The predicted octanol–water partition coefficient (Wildman–Crippen LogP) is 4.47. The molecule has 1 aliphatic heterocycles. The van der Waals surface area contributed by atoms with E-state index in [0.29, 0.717) is 41.2 Å². The molecule has 1 heterocycles. The van der Waals surface area contributed by atoms with Crippen molar-refractivity contribution in [3.63, 3.8) is 0 Å². The third kappa shape index (κ3) is 3.76. The zero-order chi connectivity index (χ0) is 18.2. The van der Waals surface area contributed by atoms with Gasteiger partial charge in [0.15, 0.2) is 0 Å². The van der Waals surface area contributed by atoms with Gasteiger partial charge in [-0.2, -0.15) is 4.31 Å². The summed E-state index contributed by atoms with van der Waals surface area (Å²) in [5, 5.41) is 1.54. The molecule has 4 nitrogen and oxygen atoms in total. The SMILES string of the molecule is Cc1cc(S(=O)(=O)N2CCN(c3cccc(Cl)c3Cl)CC2)ccc1Cl. The number of aryl methyl sites for hydroxylation is 1. The van der Waals surface area contributed by atoms with E-state index in [-0.39, 0.29) is 4.90 Å². The lowest BCUT2D eigenvalue weighted by Crippen LogP contribution is -2.48. The Morgan fingerprint density at radius 1 is 0.920 bits per heavy atom. The summed E-state index contributed by atoms with van der Waals surface area (Å²) in [7, 11) is -3.54. The van der Waals surface area contributed by atoms with E-state index in [1.807, 2.05) is 17.0 Å². The van der Waals surface area contributed by atoms with E-state index in [1.54, 1.807) is 31.2 Å². The van der Waals surface area contributed by atoms with Crippen molar-refractivity contribution < 1.29 is 8.42 Å². The highest BCUT2D eigenvalue weighted by atomic mass is 35.5. The Morgan fingerprint density at radius 2 is 1.60 bits per heavy atom. The van der Waals surface area contributed by atoms with E-state index in [1.165, 1.54) is 4.31 Å². The summed E-state index contributed by atoms with van der Waals surface area (Å²) in [6.07, 6.45) is 0. The second kappa shape index (κ2) is 7.33. The molecule has 8 heteroatoms. The molecule has 0 atom stereocenters. The third-order valence-electron chi connectivity index (χ3n) is 4.28. The fraction of sp³-hybridized carbons (Fsp3) is 0.294. The molecular formula is C17H17Cl3N2O2S. The van der Waals surface area contributed by atoms with Gasteiger partial charge in [-0.25, -0.2) is 8.42 Å². The first kappa shape index (κ1) is 18.8. The van der Waals surface area contributed by atoms with Gasteiger partial charge in [-0.15, -0.1) is 0 Å². The Kier molecular flexibility index (Phi) is 5.51. The summed E-state index contributed by atoms with van der Waals surface area (Å²) < 4.78 is 27.2. The number of halogens is 3. The van der Waals surface area contributed by atoms with Gasteiger partial charge in [-0.05, 0) is 42.8 Å². The van der Waals surface area contributed by atoms with Crippen LogP contribution in [0.2, 0.25) is 15.1 Å². The van der Waals surface area contributed by atoms with Crippen molar-refractivity contribution >= 4 is 50.5 Å². The van der Waals surface area contributed by atoms with E-state index in [4.69, 9.17) is 34.8 Å². The minimum Gasteiger partial charge on any atom is -0.368 e. The lowest BCUT2D eigenvalue weighted by Gasteiger charge is -2.35. The fourth-order valence-electron chi connectivity index (χ4n) is 2.83. The number of anilines is 1. The number of hydrogen-bond donors (Lipinski definition) is 0. The monoisotopic (exact) mass is 418 g/mol. The molecule has 0 amide bonds. The van der Waals surface area contributed by atoms with Crippen molar-refractivity contribution in [1.82, 2.24) is 4.31 Å². The van der Waals surface area contributed by atoms with Crippen LogP contribution in [0.25, 0.3) is 0 Å². The van der Waals surface area contributed by atoms with Crippen LogP contribution in [-0.4, -0.2) is 38.9 Å². The van der Waals surface area contributed by atoms with E-state index in [2.05, 4.69) is 0 Å². The molecular weight excluding hydrogens is 403 g/mol. The number of sulfonamides is 1. The van der Waals surface area contributed by atoms with Crippen LogP contribution >= 0.6 is 34.8 Å². The second-order valence-electron chi connectivity index (χ2n) is 5.88. The highest BCUT2D eigenvalue weighted by molar-refractivity contribution is 7.89. The summed E-state index contributed by atoms with van der Waals surface area (Å²) in [6, 6.07) is 10.2. The molecule has 0 N–H and O–H groups in total. The van der Waals surface area contributed by atoms with Gasteiger partial charge in [-0.1, -0.05) is 40.9 Å². The number of benzene rings is 2. The van der Waals surface area contributed by atoms with Crippen LogP contribution in [0.15, 0.2) is 41.3 Å². The molecule has 0 spiro atoms. The Hall–Kier alpha value is -0.980. The molecule has 0 unspecified atom stereocenters. The topological polar surface area (TPSA) is 40.6 Å². The Morgan fingerprint density at radius 3 is 2.24 bits per heavy atom. The standard InChI is InChI=1S/C17H17Cl3N2O2S/c1-12-11-13(5-6-14(12)18)25(23,24)22-9-7-21(8-10-22)16-4-2-3-15(19)17(16)20/h2-6,11H,7-10H2,1H3. The zero-order valence-corrected chi connectivity index (χ0v) is 16.6. The maximum Gasteiger partial charge on any atom is 0.243 e. The van der Waals surface area contributed by atoms with Gasteiger partial charge < -0.3 is 4.90 Å². The molecule has 0 saturated carbocycles. The van der Waals surface area contributed by atoms with Crippen LogP contribution in [0.4, 0.5) is 5.69 Å². The van der Waals surface area contributed by atoms with E-state index >= 15 is 0 Å². The zero-order valence-electron chi connectivity index (χ0n) is 13.5. The molecule has 25 heavy (non-hydrogen) atoms. The third-order valence-corrected chi connectivity index (χ3v) is 7.41. The molecule has 0 radical (unpaired) electrons. The van der Waals surface area contributed by atoms with Crippen LogP contribution in [-0.2, 0) is 10.0 Å². The number of piperazine rings is 1. The quantitative estimate of drug-likeness (QED) is 0.737. The molecule has 0 aliphatic carbocycles. The van der Waals surface area contributed by atoms with E-state index in [0.717, 1.165) is 11.3 Å². The Bertz CT molecular complexity index is 895. The normalized spacial score (nSPS) is 16.2. The van der Waals surface area contributed by atoms with Crippen LogP contribution < -0.4 is 4.90 Å². The Balaban J connectivity index is 1.77. The van der Waals surface area contributed by atoms with Gasteiger partial charge in [0, 0.05) is 31.2 Å². The fourth-order valence-corrected chi connectivity index (χ4v) is 4.87. The van der Waals surface area contributed by atoms with Crippen LogP contribution in [0.1, 0.15) is 5.56 Å². The van der Waals surface area contributed by atoms with Crippen LogP contribution in [0.3, 0.4) is 0 Å². The lowest BCUT2D eigenvalue weighted by atomic mass is 10.2. The largest absolute Gasteiger partial charge is 0.368 e. The predicted molar refractivity (Wildman–Crippen MR) is 104 cm³/mol. The van der Waals surface area contributed by atoms with Crippen molar-refractivity contribution in [3.05, 3.63) is 57.0 Å².